The second kappa shape index (κ2) is 18.4. The van der Waals surface area contributed by atoms with E-state index in [1.165, 1.54) is 51.4 Å². The second-order valence-corrected chi connectivity index (χ2v) is 9.90. The highest BCUT2D eigenvalue weighted by Gasteiger charge is 2.30. The number of aliphatic carboxylic acids is 1. The molecular formula is C28H40Cl2N2O5. The fourth-order valence-corrected chi connectivity index (χ4v) is 4.68. The maximum absolute atomic E-state index is 10.7. The van der Waals surface area contributed by atoms with Gasteiger partial charge < -0.3 is 25.0 Å². The van der Waals surface area contributed by atoms with Crippen LogP contribution in [0.1, 0.15) is 80.9 Å². The van der Waals surface area contributed by atoms with E-state index in [-0.39, 0.29) is 13.2 Å². The van der Waals surface area contributed by atoms with Crippen LogP contribution < -0.4 is 10.1 Å². The summed E-state index contributed by atoms with van der Waals surface area (Å²) in [6.07, 6.45) is 12.2. The Hall–Kier alpha value is -1.90. The van der Waals surface area contributed by atoms with Crippen molar-refractivity contribution in [2.75, 3.05) is 26.4 Å². The Morgan fingerprint density at radius 1 is 1.16 bits per heavy atom. The van der Waals surface area contributed by atoms with E-state index >= 15 is 0 Å². The average Bonchev–Trinajstić information content (AvgIpc) is 3.31. The number of nitrogens with one attached hydrogen (secondary N) is 1. The van der Waals surface area contributed by atoms with Crippen molar-refractivity contribution in [3.63, 3.8) is 0 Å². The van der Waals surface area contributed by atoms with Gasteiger partial charge in [-0.05, 0) is 42.3 Å². The smallest absolute Gasteiger partial charge is 0.314 e. The summed E-state index contributed by atoms with van der Waals surface area (Å²) in [5.74, 6) is -0.958. The van der Waals surface area contributed by atoms with Crippen molar-refractivity contribution < 1.29 is 24.5 Å². The lowest BCUT2D eigenvalue weighted by Crippen LogP contribution is -2.16. The van der Waals surface area contributed by atoms with Crippen LogP contribution in [0.5, 0.6) is 5.88 Å². The Morgan fingerprint density at radius 2 is 1.89 bits per heavy atom. The van der Waals surface area contributed by atoms with Gasteiger partial charge in [-0.25, -0.2) is 4.98 Å². The highest BCUT2D eigenvalue weighted by molar-refractivity contribution is 6.35. The van der Waals surface area contributed by atoms with E-state index in [9.17, 15) is 4.79 Å². The summed E-state index contributed by atoms with van der Waals surface area (Å²) < 4.78 is 10.5. The van der Waals surface area contributed by atoms with Crippen molar-refractivity contribution in [1.29, 1.82) is 0 Å². The van der Waals surface area contributed by atoms with Gasteiger partial charge in [0, 0.05) is 28.4 Å². The SMILES string of the molecule is CCCCCCCCCCNCc1c(Cl)cc(Cl)cc1COCCO.O=C(O)C1COc2ncccc21. The molecule has 0 amide bonds. The molecule has 1 aliphatic heterocycles. The molecule has 0 fully saturated rings. The quantitative estimate of drug-likeness (QED) is 0.207. The number of rotatable bonds is 16. The summed E-state index contributed by atoms with van der Waals surface area (Å²) in [6, 6.07) is 7.10. The summed E-state index contributed by atoms with van der Waals surface area (Å²) >= 11 is 12.4. The lowest BCUT2D eigenvalue weighted by molar-refractivity contribution is -0.138. The predicted molar refractivity (Wildman–Crippen MR) is 148 cm³/mol. The van der Waals surface area contributed by atoms with Gasteiger partial charge in [-0.3, -0.25) is 4.79 Å². The molecule has 0 saturated heterocycles. The number of aliphatic hydroxyl groups is 1. The van der Waals surface area contributed by atoms with Crippen LogP contribution in [0.4, 0.5) is 0 Å². The molecule has 37 heavy (non-hydrogen) atoms. The molecule has 3 N–H and O–H groups in total. The molecule has 1 aromatic carbocycles. The molecule has 0 saturated carbocycles. The minimum absolute atomic E-state index is 0.0142. The number of aliphatic hydroxyl groups excluding tert-OH is 1. The van der Waals surface area contributed by atoms with Crippen molar-refractivity contribution in [1.82, 2.24) is 10.3 Å². The number of aromatic nitrogens is 1. The molecule has 2 aromatic rings. The summed E-state index contributed by atoms with van der Waals surface area (Å²) in [4.78, 5) is 14.6. The van der Waals surface area contributed by atoms with Crippen molar-refractivity contribution in [3.8, 4) is 5.88 Å². The third-order valence-electron chi connectivity index (χ3n) is 6.12. The van der Waals surface area contributed by atoms with Crippen LogP contribution in [0.3, 0.4) is 0 Å². The number of carboxylic acids is 1. The van der Waals surface area contributed by atoms with E-state index in [1.807, 2.05) is 6.07 Å². The maximum Gasteiger partial charge on any atom is 0.314 e. The Bertz CT molecular complexity index is 945. The molecule has 206 valence electrons. The largest absolute Gasteiger partial charge is 0.481 e. The van der Waals surface area contributed by atoms with Gasteiger partial charge >= 0.3 is 5.97 Å². The molecule has 0 aliphatic carbocycles. The number of hydrogen-bond donors (Lipinski definition) is 3. The molecule has 1 unspecified atom stereocenters. The fraction of sp³-hybridized carbons (Fsp3) is 0.571. The molecule has 3 rings (SSSR count). The number of ether oxygens (including phenoxy) is 2. The van der Waals surface area contributed by atoms with Crippen LogP contribution in [-0.4, -0.2) is 47.5 Å². The van der Waals surface area contributed by atoms with Gasteiger partial charge in [0.15, 0.2) is 0 Å². The second-order valence-electron chi connectivity index (χ2n) is 9.05. The normalized spacial score (nSPS) is 14.0. The topological polar surface area (TPSA) is 101 Å². The van der Waals surface area contributed by atoms with E-state index in [1.54, 1.807) is 24.4 Å². The van der Waals surface area contributed by atoms with E-state index < -0.39 is 11.9 Å². The molecule has 7 nitrogen and oxygen atoms in total. The number of carbonyl (C=O) groups is 1. The number of hydrogen-bond acceptors (Lipinski definition) is 6. The molecule has 0 radical (unpaired) electrons. The third-order valence-corrected chi connectivity index (χ3v) is 6.67. The highest BCUT2D eigenvalue weighted by Crippen LogP contribution is 2.31. The fourth-order valence-electron chi connectivity index (χ4n) is 4.07. The van der Waals surface area contributed by atoms with E-state index in [2.05, 4.69) is 17.2 Å². The molecule has 1 aliphatic rings. The van der Waals surface area contributed by atoms with Gasteiger partial charge in [-0.1, -0.05) is 81.1 Å². The molecule has 0 bridgehead atoms. The number of pyridine rings is 1. The number of nitrogens with zero attached hydrogens (tertiary/aromatic N) is 1. The van der Waals surface area contributed by atoms with Gasteiger partial charge in [-0.15, -0.1) is 0 Å². The van der Waals surface area contributed by atoms with Crippen molar-refractivity contribution in [2.45, 2.75) is 77.4 Å². The zero-order valence-electron chi connectivity index (χ0n) is 21.7. The third kappa shape index (κ3) is 11.6. The Balaban J connectivity index is 0.000000330. The molecule has 9 heteroatoms. The van der Waals surface area contributed by atoms with Gasteiger partial charge in [0.2, 0.25) is 5.88 Å². The Morgan fingerprint density at radius 3 is 2.59 bits per heavy atom. The van der Waals surface area contributed by atoms with Crippen LogP contribution >= 0.6 is 23.2 Å². The minimum Gasteiger partial charge on any atom is -0.481 e. The summed E-state index contributed by atoms with van der Waals surface area (Å²) in [5.41, 5.74) is 2.68. The first kappa shape index (κ1) is 31.3. The summed E-state index contributed by atoms with van der Waals surface area (Å²) in [6.45, 7) is 4.89. The molecule has 1 aromatic heterocycles. The summed E-state index contributed by atoms with van der Waals surface area (Å²) in [5, 5.41) is 22.3. The standard InChI is InChI=1S/C20H33Cl2NO2.C8H7NO3/c1-2-3-4-5-6-7-8-9-10-23-15-19-17(16-25-12-11-24)13-18(21)14-20(19)22;10-8(11)6-4-12-7-5(6)2-1-3-9-7/h13-14,23-24H,2-12,15-16H2,1H3;1-3,6H,4H2,(H,10,11). The lowest BCUT2D eigenvalue weighted by Gasteiger charge is -2.14. The van der Waals surface area contributed by atoms with E-state index in [4.69, 9.17) is 42.9 Å². The zero-order chi connectivity index (χ0) is 26.9. The number of fused-ring (bicyclic) bond motifs is 1. The summed E-state index contributed by atoms with van der Waals surface area (Å²) in [7, 11) is 0. The highest BCUT2D eigenvalue weighted by atomic mass is 35.5. The molecule has 2 heterocycles. The molecular weight excluding hydrogens is 515 g/mol. The van der Waals surface area contributed by atoms with Gasteiger partial charge in [0.1, 0.15) is 12.5 Å². The van der Waals surface area contributed by atoms with Crippen LogP contribution in [0.25, 0.3) is 0 Å². The van der Waals surface area contributed by atoms with Crippen LogP contribution in [0, 0.1) is 0 Å². The first-order valence-electron chi connectivity index (χ1n) is 13.1. The van der Waals surface area contributed by atoms with Crippen molar-refractivity contribution in [2.24, 2.45) is 0 Å². The van der Waals surface area contributed by atoms with E-state index in [0.717, 1.165) is 17.7 Å². The first-order valence-corrected chi connectivity index (χ1v) is 13.9. The van der Waals surface area contributed by atoms with Crippen LogP contribution in [-0.2, 0) is 22.7 Å². The Kier molecular flexibility index (Phi) is 15.5. The number of carboxylic acid groups (broad SMARTS) is 1. The molecule has 1 atom stereocenters. The van der Waals surface area contributed by atoms with E-state index in [0.29, 0.717) is 41.2 Å². The number of benzene rings is 1. The molecule has 0 spiro atoms. The number of unbranched alkanes of at least 4 members (excludes halogenated alkanes) is 7. The maximum atomic E-state index is 10.7. The minimum atomic E-state index is -0.859. The van der Waals surface area contributed by atoms with Crippen molar-refractivity contribution in [3.05, 3.63) is 57.2 Å². The average molecular weight is 556 g/mol. The predicted octanol–water partition coefficient (Wildman–Crippen LogP) is 6.37. The first-order chi connectivity index (χ1) is 18.0. The van der Waals surface area contributed by atoms with Gasteiger partial charge in [0.25, 0.3) is 0 Å². The lowest BCUT2D eigenvalue weighted by atomic mass is 10.0. The van der Waals surface area contributed by atoms with Crippen LogP contribution in [0.2, 0.25) is 10.0 Å². The number of halogens is 2. The zero-order valence-corrected chi connectivity index (χ0v) is 23.2. The monoisotopic (exact) mass is 554 g/mol. The van der Waals surface area contributed by atoms with Crippen LogP contribution in [0.15, 0.2) is 30.5 Å². The van der Waals surface area contributed by atoms with Crippen molar-refractivity contribution >= 4 is 29.2 Å². The van der Waals surface area contributed by atoms with Gasteiger partial charge in [-0.2, -0.15) is 0 Å². The Labute approximate surface area is 230 Å². The van der Waals surface area contributed by atoms with Gasteiger partial charge in [0.05, 0.1) is 19.8 Å².